The molecular formula is C25H24ClN3O. The number of nitrogens with two attached hydrogens (primary N) is 1. The van der Waals surface area contributed by atoms with Crippen molar-refractivity contribution in [1.29, 1.82) is 5.26 Å². The van der Waals surface area contributed by atoms with Crippen LogP contribution in [0.25, 0.3) is 0 Å². The Bertz CT molecular complexity index is 1170. The van der Waals surface area contributed by atoms with Gasteiger partial charge in [0.1, 0.15) is 5.82 Å². The highest BCUT2D eigenvalue weighted by molar-refractivity contribution is 6.31. The van der Waals surface area contributed by atoms with Crippen LogP contribution < -0.4 is 10.6 Å². The molecule has 0 saturated heterocycles. The largest absolute Gasteiger partial charge is 0.384 e. The molecule has 2 aromatic carbocycles. The summed E-state index contributed by atoms with van der Waals surface area (Å²) in [5.74, 6) is 0.0303. The van der Waals surface area contributed by atoms with Crippen LogP contribution >= 0.6 is 11.6 Å². The van der Waals surface area contributed by atoms with E-state index in [0.29, 0.717) is 28.4 Å². The maximum absolute atomic E-state index is 13.2. The highest BCUT2D eigenvalue weighted by Crippen LogP contribution is 2.47. The number of aryl methyl sites for hydroxylation is 2. The molecule has 0 spiro atoms. The van der Waals surface area contributed by atoms with Gasteiger partial charge in [-0.05, 0) is 62.4 Å². The smallest absolute Gasteiger partial charge is 0.161 e. The molecule has 0 bridgehead atoms. The van der Waals surface area contributed by atoms with E-state index in [1.807, 2.05) is 56.0 Å². The Morgan fingerprint density at radius 1 is 1.17 bits per heavy atom. The number of Topliss-reactive ketones (excluding diaryl/α,β-unsaturated/α-hetero) is 1. The zero-order valence-electron chi connectivity index (χ0n) is 17.4. The molecule has 1 atom stereocenters. The second kappa shape index (κ2) is 7.66. The summed E-state index contributed by atoms with van der Waals surface area (Å²) in [7, 11) is 0. The number of hydrogen-bond donors (Lipinski definition) is 1. The molecule has 2 aliphatic rings. The van der Waals surface area contributed by atoms with Crippen LogP contribution in [0.1, 0.15) is 47.4 Å². The molecule has 0 saturated carbocycles. The Morgan fingerprint density at radius 2 is 1.93 bits per heavy atom. The summed E-state index contributed by atoms with van der Waals surface area (Å²) in [6, 6.07) is 14.1. The van der Waals surface area contributed by atoms with E-state index in [0.717, 1.165) is 46.5 Å². The second-order valence-corrected chi connectivity index (χ2v) is 8.47. The fourth-order valence-corrected chi connectivity index (χ4v) is 4.75. The maximum Gasteiger partial charge on any atom is 0.161 e. The quantitative estimate of drug-likeness (QED) is 0.693. The Kier molecular flexibility index (Phi) is 5.17. The molecule has 152 valence electrons. The van der Waals surface area contributed by atoms with Gasteiger partial charge in [0, 0.05) is 22.7 Å². The molecule has 5 heteroatoms. The highest BCUT2D eigenvalue weighted by atomic mass is 35.5. The number of carbonyl (C=O) groups excluding carboxylic acids is 1. The van der Waals surface area contributed by atoms with E-state index in [2.05, 4.69) is 12.1 Å². The predicted molar refractivity (Wildman–Crippen MR) is 120 cm³/mol. The van der Waals surface area contributed by atoms with Crippen LogP contribution in [0.3, 0.4) is 0 Å². The maximum atomic E-state index is 13.2. The van der Waals surface area contributed by atoms with Crippen LogP contribution in [0.5, 0.6) is 0 Å². The molecule has 1 unspecified atom stereocenters. The molecule has 0 fully saturated rings. The van der Waals surface area contributed by atoms with Crippen molar-refractivity contribution in [3.05, 3.63) is 86.3 Å². The van der Waals surface area contributed by atoms with Crippen LogP contribution in [0.4, 0.5) is 5.69 Å². The first-order valence-corrected chi connectivity index (χ1v) is 10.5. The third-order valence-electron chi connectivity index (χ3n) is 6.14. The van der Waals surface area contributed by atoms with Crippen molar-refractivity contribution in [2.45, 2.75) is 46.0 Å². The second-order valence-electron chi connectivity index (χ2n) is 8.06. The van der Waals surface area contributed by atoms with Crippen LogP contribution in [0.2, 0.25) is 5.02 Å². The SMILES string of the molecule is Cc1ccc(C)c(C2C(C#N)=C(N)N(c3cccc(Cl)c3C)C3=C2C(=O)CCC3)c1. The number of anilines is 1. The summed E-state index contributed by atoms with van der Waals surface area (Å²) in [6.45, 7) is 5.96. The van der Waals surface area contributed by atoms with Gasteiger partial charge >= 0.3 is 0 Å². The first-order valence-electron chi connectivity index (χ1n) is 10.1. The van der Waals surface area contributed by atoms with Gasteiger partial charge in [0.25, 0.3) is 0 Å². The van der Waals surface area contributed by atoms with E-state index in [-0.39, 0.29) is 5.78 Å². The zero-order valence-corrected chi connectivity index (χ0v) is 18.2. The van der Waals surface area contributed by atoms with Gasteiger partial charge in [0.2, 0.25) is 0 Å². The van der Waals surface area contributed by atoms with E-state index in [9.17, 15) is 10.1 Å². The number of carbonyl (C=O) groups is 1. The van der Waals surface area contributed by atoms with Gasteiger partial charge in [-0.15, -0.1) is 0 Å². The molecule has 2 N–H and O–H groups in total. The number of hydrogen-bond acceptors (Lipinski definition) is 4. The first-order chi connectivity index (χ1) is 14.3. The third kappa shape index (κ3) is 3.11. The lowest BCUT2D eigenvalue weighted by atomic mass is 9.74. The Morgan fingerprint density at radius 3 is 2.67 bits per heavy atom. The summed E-state index contributed by atoms with van der Waals surface area (Å²) >= 11 is 6.39. The summed E-state index contributed by atoms with van der Waals surface area (Å²) in [6.07, 6.45) is 1.98. The summed E-state index contributed by atoms with van der Waals surface area (Å²) in [5.41, 5.74) is 13.4. The van der Waals surface area contributed by atoms with Gasteiger partial charge in [-0.3, -0.25) is 9.69 Å². The normalized spacial score (nSPS) is 19.1. The van der Waals surface area contributed by atoms with E-state index in [4.69, 9.17) is 17.3 Å². The molecule has 1 heterocycles. The van der Waals surface area contributed by atoms with Crippen LogP contribution in [-0.2, 0) is 4.79 Å². The molecular weight excluding hydrogens is 394 g/mol. The number of benzene rings is 2. The number of allylic oxidation sites excluding steroid dienone is 3. The van der Waals surface area contributed by atoms with Crippen molar-refractivity contribution < 1.29 is 4.79 Å². The van der Waals surface area contributed by atoms with Gasteiger partial charge in [0.15, 0.2) is 5.78 Å². The minimum absolute atomic E-state index is 0.0899. The first kappa shape index (κ1) is 20.3. The molecule has 1 aliphatic heterocycles. The Labute approximate surface area is 182 Å². The van der Waals surface area contributed by atoms with Crippen molar-refractivity contribution in [3.8, 4) is 6.07 Å². The molecule has 4 nitrogen and oxygen atoms in total. The topological polar surface area (TPSA) is 70.1 Å². The number of halogens is 1. The van der Waals surface area contributed by atoms with Crippen LogP contribution in [0, 0.1) is 32.1 Å². The van der Waals surface area contributed by atoms with Gasteiger partial charge in [-0.25, -0.2) is 0 Å². The zero-order chi connectivity index (χ0) is 21.6. The predicted octanol–water partition coefficient (Wildman–Crippen LogP) is 5.57. The van der Waals surface area contributed by atoms with E-state index >= 15 is 0 Å². The number of nitriles is 1. The van der Waals surface area contributed by atoms with E-state index < -0.39 is 5.92 Å². The standard InChI is InChI=1S/C25H24ClN3O/c1-14-10-11-15(2)17(12-14)23-18(13-27)25(28)29(20-7-4-6-19(26)16(20)3)21-8-5-9-22(30)24(21)23/h4,6-7,10-12,23H,5,8-9,28H2,1-3H3. The lowest BCUT2D eigenvalue weighted by Crippen LogP contribution is -2.39. The van der Waals surface area contributed by atoms with Crippen molar-refractivity contribution in [2.75, 3.05) is 4.90 Å². The van der Waals surface area contributed by atoms with Gasteiger partial charge in [-0.2, -0.15) is 5.26 Å². The van der Waals surface area contributed by atoms with Crippen LogP contribution in [0.15, 0.2) is 59.1 Å². The van der Waals surface area contributed by atoms with Crippen molar-refractivity contribution in [2.24, 2.45) is 5.73 Å². The molecule has 2 aromatic rings. The van der Waals surface area contributed by atoms with Gasteiger partial charge in [-0.1, -0.05) is 41.4 Å². The lowest BCUT2D eigenvalue weighted by molar-refractivity contribution is -0.116. The average Bonchev–Trinajstić information content (AvgIpc) is 2.72. The number of nitrogens with zero attached hydrogens (tertiary/aromatic N) is 2. The Balaban J connectivity index is 2.03. The molecule has 0 aromatic heterocycles. The van der Waals surface area contributed by atoms with Gasteiger partial charge < -0.3 is 5.73 Å². The highest BCUT2D eigenvalue weighted by Gasteiger charge is 2.41. The minimum Gasteiger partial charge on any atom is -0.384 e. The molecule has 4 rings (SSSR count). The average molecular weight is 418 g/mol. The van der Waals surface area contributed by atoms with Crippen molar-refractivity contribution >= 4 is 23.1 Å². The number of ketones is 1. The lowest BCUT2D eigenvalue weighted by Gasteiger charge is -2.40. The fraction of sp³-hybridized carbons (Fsp3) is 0.280. The third-order valence-corrected chi connectivity index (χ3v) is 6.55. The fourth-order valence-electron chi connectivity index (χ4n) is 4.58. The molecule has 0 amide bonds. The monoisotopic (exact) mass is 417 g/mol. The van der Waals surface area contributed by atoms with Crippen molar-refractivity contribution in [3.63, 3.8) is 0 Å². The summed E-state index contributed by atoms with van der Waals surface area (Å²) in [4.78, 5) is 15.1. The van der Waals surface area contributed by atoms with E-state index in [1.165, 1.54) is 0 Å². The molecule has 1 aliphatic carbocycles. The summed E-state index contributed by atoms with van der Waals surface area (Å²) in [5, 5.41) is 10.8. The van der Waals surface area contributed by atoms with E-state index in [1.54, 1.807) is 0 Å². The van der Waals surface area contributed by atoms with Crippen LogP contribution in [-0.4, -0.2) is 5.78 Å². The van der Waals surface area contributed by atoms with Crippen molar-refractivity contribution in [1.82, 2.24) is 0 Å². The Hall–Kier alpha value is -3.03. The van der Waals surface area contributed by atoms with Gasteiger partial charge in [0.05, 0.1) is 23.2 Å². The molecule has 0 radical (unpaired) electrons. The minimum atomic E-state index is -0.437. The number of rotatable bonds is 2. The molecule has 30 heavy (non-hydrogen) atoms. The summed E-state index contributed by atoms with van der Waals surface area (Å²) < 4.78 is 0.